The number of carbonyl (C=O) groups is 1. The zero-order chi connectivity index (χ0) is 12.5. The molecule has 0 unspecified atom stereocenters. The number of rotatable bonds is 0. The number of hydrogen-bond acceptors (Lipinski definition) is 2. The molecule has 0 fully saturated rings. The molecule has 19 heavy (non-hydrogen) atoms. The summed E-state index contributed by atoms with van der Waals surface area (Å²) in [6.07, 6.45) is 0.655. The van der Waals surface area contributed by atoms with Crippen LogP contribution in [-0.2, 0) is 17.7 Å². The number of amides is 1. The van der Waals surface area contributed by atoms with Crippen LogP contribution in [0.15, 0.2) is 18.2 Å². The van der Waals surface area contributed by atoms with E-state index >= 15 is 0 Å². The van der Waals surface area contributed by atoms with Crippen LogP contribution >= 0.6 is 0 Å². The minimum absolute atomic E-state index is 0. The Labute approximate surface area is 140 Å². The van der Waals surface area contributed by atoms with Gasteiger partial charge < -0.3 is 17.1 Å². The summed E-state index contributed by atoms with van der Waals surface area (Å²) in [5.41, 5.74) is 2.05. The van der Waals surface area contributed by atoms with Crippen LogP contribution in [0, 0.1) is 44.6 Å². The SMILES string of the molecule is CC(C)(C)OC(=O)N1CCc2c[c-]ccc2C1.[CH3-].[U+2]. The van der Waals surface area contributed by atoms with Crippen molar-refractivity contribution < 1.29 is 40.6 Å². The minimum atomic E-state index is -0.429. The van der Waals surface area contributed by atoms with Crippen molar-refractivity contribution in [3.8, 4) is 0 Å². The van der Waals surface area contributed by atoms with Gasteiger partial charge in [0.25, 0.3) is 0 Å². The molecule has 1 heterocycles. The number of fused-ring (bicyclic) bond motifs is 1. The summed E-state index contributed by atoms with van der Waals surface area (Å²) in [7, 11) is 0. The molecule has 0 aliphatic carbocycles. The van der Waals surface area contributed by atoms with Gasteiger partial charge in [-0.2, -0.15) is 24.3 Å². The topological polar surface area (TPSA) is 29.5 Å². The van der Waals surface area contributed by atoms with Crippen LogP contribution in [-0.4, -0.2) is 23.1 Å². The van der Waals surface area contributed by atoms with E-state index in [1.165, 1.54) is 11.1 Å². The third-order valence-electron chi connectivity index (χ3n) is 2.71. The molecule has 0 N–H and O–H groups in total. The van der Waals surface area contributed by atoms with Crippen molar-refractivity contribution in [1.29, 1.82) is 0 Å². The average molecular weight is 485 g/mol. The largest absolute Gasteiger partial charge is 2.00 e. The second kappa shape index (κ2) is 7.36. The van der Waals surface area contributed by atoms with Gasteiger partial charge in [-0.1, -0.05) is 6.42 Å². The van der Waals surface area contributed by atoms with Crippen LogP contribution in [0.4, 0.5) is 4.79 Å². The van der Waals surface area contributed by atoms with Gasteiger partial charge in [-0.3, -0.25) is 0 Å². The van der Waals surface area contributed by atoms with Crippen molar-refractivity contribution in [2.45, 2.75) is 39.3 Å². The Morgan fingerprint density at radius 3 is 2.68 bits per heavy atom. The number of ether oxygens (including phenoxy) is 1. The maximum atomic E-state index is 11.9. The van der Waals surface area contributed by atoms with Crippen molar-refractivity contribution in [2.24, 2.45) is 0 Å². The maximum Gasteiger partial charge on any atom is 2.00 e. The van der Waals surface area contributed by atoms with Gasteiger partial charge in [0.05, 0.1) is 0 Å². The molecule has 0 radical (unpaired) electrons. The quantitative estimate of drug-likeness (QED) is 0.529. The first-order chi connectivity index (χ1) is 7.96. The monoisotopic (exact) mass is 485 g/mol. The summed E-state index contributed by atoms with van der Waals surface area (Å²) < 4.78 is 5.37. The molecule has 0 saturated carbocycles. The Bertz CT molecular complexity index is 426. The molecule has 3 nitrogen and oxygen atoms in total. The van der Waals surface area contributed by atoms with E-state index in [-0.39, 0.29) is 44.6 Å². The molecule has 0 saturated heterocycles. The fraction of sp³-hybridized carbons (Fsp3) is 0.467. The maximum absolute atomic E-state index is 11.9. The molecule has 1 aliphatic rings. The van der Waals surface area contributed by atoms with Gasteiger partial charge in [0.2, 0.25) is 0 Å². The molecular formula is C15H21NO2U. The zero-order valence-electron chi connectivity index (χ0n) is 12.1. The van der Waals surface area contributed by atoms with E-state index in [2.05, 4.69) is 6.07 Å². The first-order valence-corrected chi connectivity index (χ1v) is 5.91. The molecule has 2 rings (SSSR count). The van der Waals surface area contributed by atoms with Crippen molar-refractivity contribution in [3.63, 3.8) is 0 Å². The van der Waals surface area contributed by atoms with Crippen LogP contribution in [0.2, 0.25) is 0 Å². The van der Waals surface area contributed by atoms with Gasteiger partial charge in [0.1, 0.15) is 5.60 Å². The molecule has 4 heteroatoms. The number of carbonyl (C=O) groups excluding carboxylic acids is 1. The molecule has 1 aromatic rings. The van der Waals surface area contributed by atoms with Crippen molar-refractivity contribution in [3.05, 3.63) is 42.8 Å². The van der Waals surface area contributed by atoms with Crippen LogP contribution in [0.3, 0.4) is 0 Å². The summed E-state index contributed by atoms with van der Waals surface area (Å²) in [6.45, 7) is 7.02. The predicted octanol–water partition coefficient (Wildman–Crippen LogP) is 3.23. The van der Waals surface area contributed by atoms with E-state index in [4.69, 9.17) is 4.74 Å². The normalized spacial score (nSPS) is 13.7. The van der Waals surface area contributed by atoms with E-state index in [0.717, 1.165) is 13.0 Å². The number of benzene rings is 1. The van der Waals surface area contributed by atoms with Crippen LogP contribution in [0.25, 0.3) is 0 Å². The first kappa shape index (κ1) is 18.5. The smallest absolute Gasteiger partial charge is 0.444 e. The van der Waals surface area contributed by atoms with Crippen molar-refractivity contribution in [1.82, 2.24) is 4.90 Å². The Morgan fingerprint density at radius 2 is 2.05 bits per heavy atom. The Morgan fingerprint density at radius 1 is 1.37 bits per heavy atom. The Balaban J connectivity index is 0.00000162. The van der Waals surface area contributed by atoms with Crippen molar-refractivity contribution in [2.75, 3.05) is 6.54 Å². The first-order valence-electron chi connectivity index (χ1n) is 5.91. The molecule has 1 aromatic carbocycles. The van der Waals surface area contributed by atoms with Gasteiger partial charge in [-0.05, 0) is 20.8 Å². The van der Waals surface area contributed by atoms with Crippen LogP contribution in [0.1, 0.15) is 31.9 Å². The van der Waals surface area contributed by atoms with E-state index in [1.54, 1.807) is 4.90 Å². The Kier molecular flexibility index (Phi) is 7.18. The molecule has 0 atom stereocenters. The van der Waals surface area contributed by atoms with Crippen molar-refractivity contribution >= 4 is 6.09 Å². The summed E-state index contributed by atoms with van der Waals surface area (Å²) in [4.78, 5) is 13.7. The number of nitrogens with zero attached hydrogens (tertiary/aromatic N) is 1. The van der Waals surface area contributed by atoms with Gasteiger partial charge in [0.15, 0.2) is 0 Å². The fourth-order valence-corrected chi connectivity index (χ4v) is 1.91. The van der Waals surface area contributed by atoms with Crippen LogP contribution < -0.4 is 0 Å². The van der Waals surface area contributed by atoms with E-state index in [1.807, 2.05) is 39.0 Å². The molecule has 1 amide bonds. The van der Waals surface area contributed by atoms with Crippen LogP contribution in [0.5, 0.6) is 0 Å². The van der Waals surface area contributed by atoms with Gasteiger partial charge >= 0.3 is 37.2 Å². The molecular weight excluding hydrogens is 464 g/mol. The van der Waals surface area contributed by atoms with Gasteiger partial charge in [-0.15, -0.1) is 11.1 Å². The zero-order valence-corrected chi connectivity index (χ0v) is 16.3. The second-order valence-electron chi connectivity index (χ2n) is 5.35. The standard InChI is InChI=1S/C14H18NO2.CH3.U/c1-14(2,3)17-13(16)15-9-8-11-6-4-5-7-12(11)10-15;;/h5-7H,8-10H2,1-3H3;1H3;/q2*-1;+2. The molecule has 0 bridgehead atoms. The molecule has 1 aliphatic heterocycles. The number of hydrogen-bond donors (Lipinski definition) is 0. The van der Waals surface area contributed by atoms with E-state index in [9.17, 15) is 4.79 Å². The van der Waals surface area contributed by atoms with Gasteiger partial charge in [0, 0.05) is 13.1 Å². The summed E-state index contributed by atoms with van der Waals surface area (Å²) in [5.74, 6) is 0. The third kappa shape index (κ3) is 5.20. The Hall–Kier alpha value is -0.458. The summed E-state index contributed by atoms with van der Waals surface area (Å²) in [6, 6.07) is 8.98. The average Bonchev–Trinajstić information content (AvgIpc) is 2.26. The van der Waals surface area contributed by atoms with E-state index in [0.29, 0.717) is 6.54 Å². The second-order valence-corrected chi connectivity index (χ2v) is 5.35. The predicted molar refractivity (Wildman–Crippen MR) is 72.0 cm³/mol. The van der Waals surface area contributed by atoms with E-state index < -0.39 is 5.60 Å². The molecule has 102 valence electrons. The minimum Gasteiger partial charge on any atom is -0.444 e. The van der Waals surface area contributed by atoms with Gasteiger partial charge in [-0.25, -0.2) is 4.79 Å². The molecule has 0 spiro atoms. The third-order valence-corrected chi connectivity index (χ3v) is 2.71. The summed E-state index contributed by atoms with van der Waals surface area (Å²) >= 11 is 0. The molecule has 0 aromatic heterocycles. The fourth-order valence-electron chi connectivity index (χ4n) is 1.91. The summed E-state index contributed by atoms with van der Waals surface area (Å²) in [5, 5.41) is 0.